The topological polar surface area (TPSA) is 0 Å². The summed E-state index contributed by atoms with van der Waals surface area (Å²) in [6.45, 7) is 0. The summed E-state index contributed by atoms with van der Waals surface area (Å²) in [4.78, 5) is 0. The minimum Gasteiger partial charge on any atom is -0.147 e. The SMILES string of the molecule is [K+].[Li+].[c-]1cccc2ccccc12.[c-]1cccc2ccccc12. The predicted molar refractivity (Wildman–Crippen MR) is 85.6 cm³/mol. The Morgan fingerprint density at radius 1 is 0.500 bits per heavy atom. The number of hydrogen-bond donors (Lipinski definition) is 0. The van der Waals surface area contributed by atoms with Gasteiger partial charge in [0.1, 0.15) is 0 Å². The zero-order valence-corrected chi connectivity index (χ0v) is 16.2. The summed E-state index contributed by atoms with van der Waals surface area (Å²) in [6.07, 6.45) is 0. The van der Waals surface area contributed by atoms with Crippen LogP contribution in [-0.2, 0) is 0 Å². The molecule has 96 valence electrons. The van der Waals surface area contributed by atoms with Gasteiger partial charge in [0.2, 0.25) is 0 Å². The molecule has 22 heavy (non-hydrogen) atoms. The predicted octanol–water partition coefficient (Wildman–Crippen LogP) is -0.712. The van der Waals surface area contributed by atoms with Crippen molar-refractivity contribution in [2.45, 2.75) is 0 Å². The van der Waals surface area contributed by atoms with Crippen LogP contribution in [0.4, 0.5) is 0 Å². The molecule has 0 aliphatic rings. The molecule has 0 nitrogen and oxygen atoms in total. The second kappa shape index (κ2) is 10.4. The molecule has 0 saturated heterocycles. The quantitative estimate of drug-likeness (QED) is 0.297. The summed E-state index contributed by atoms with van der Waals surface area (Å²) in [6, 6.07) is 34.8. The van der Waals surface area contributed by atoms with Crippen molar-refractivity contribution in [3.8, 4) is 0 Å². The first-order chi connectivity index (χ1) is 9.93. The maximum Gasteiger partial charge on any atom is 1.00 e. The number of rotatable bonds is 0. The maximum absolute atomic E-state index is 3.15. The van der Waals surface area contributed by atoms with Crippen LogP contribution in [0.25, 0.3) is 21.5 Å². The molecule has 0 spiro atoms. The van der Waals surface area contributed by atoms with E-state index in [0.717, 1.165) is 0 Å². The summed E-state index contributed by atoms with van der Waals surface area (Å²) >= 11 is 0. The molecular formula is C20H14KLi. The molecule has 0 atom stereocenters. The number of fused-ring (bicyclic) bond motifs is 2. The summed E-state index contributed by atoms with van der Waals surface area (Å²) in [5.74, 6) is 0. The largest absolute Gasteiger partial charge is 1.00 e. The first kappa shape index (κ1) is 19.7. The normalized spacial score (nSPS) is 9.09. The van der Waals surface area contributed by atoms with E-state index in [0.29, 0.717) is 0 Å². The molecule has 0 saturated carbocycles. The van der Waals surface area contributed by atoms with Crippen molar-refractivity contribution >= 4 is 21.5 Å². The third-order valence-electron chi connectivity index (χ3n) is 3.14. The second-order valence-corrected chi connectivity index (χ2v) is 4.51. The van der Waals surface area contributed by atoms with Crippen molar-refractivity contribution in [1.29, 1.82) is 0 Å². The molecule has 0 fully saturated rings. The van der Waals surface area contributed by atoms with Crippen molar-refractivity contribution in [3.63, 3.8) is 0 Å². The molecule has 0 amide bonds. The third-order valence-corrected chi connectivity index (χ3v) is 3.14. The van der Waals surface area contributed by atoms with Crippen LogP contribution in [0.5, 0.6) is 0 Å². The van der Waals surface area contributed by atoms with E-state index in [1.807, 2.05) is 48.5 Å². The maximum atomic E-state index is 3.15. The summed E-state index contributed by atoms with van der Waals surface area (Å²) in [5, 5.41) is 4.88. The first-order valence-electron chi connectivity index (χ1n) is 6.64. The Labute approximate surface area is 186 Å². The van der Waals surface area contributed by atoms with Gasteiger partial charge in [-0.05, 0) is 0 Å². The van der Waals surface area contributed by atoms with Crippen LogP contribution in [0.1, 0.15) is 0 Å². The van der Waals surface area contributed by atoms with Gasteiger partial charge in [0, 0.05) is 0 Å². The first-order valence-corrected chi connectivity index (χ1v) is 6.64. The van der Waals surface area contributed by atoms with Gasteiger partial charge in [-0.1, -0.05) is 24.3 Å². The molecule has 4 aromatic carbocycles. The summed E-state index contributed by atoms with van der Waals surface area (Å²) in [5.41, 5.74) is 0. The zero-order valence-electron chi connectivity index (χ0n) is 13.1. The van der Waals surface area contributed by atoms with Gasteiger partial charge in [0.15, 0.2) is 0 Å². The van der Waals surface area contributed by atoms with Crippen molar-refractivity contribution < 1.29 is 70.2 Å². The molecule has 0 N–H and O–H groups in total. The summed E-state index contributed by atoms with van der Waals surface area (Å²) in [7, 11) is 0. The van der Waals surface area contributed by atoms with Gasteiger partial charge in [-0.3, -0.25) is 0 Å². The number of hydrogen-bond acceptors (Lipinski definition) is 0. The second-order valence-electron chi connectivity index (χ2n) is 4.51. The Bertz CT molecular complexity index is 625. The minimum absolute atomic E-state index is 0. The van der Waals surface area contributed by atoms with E-state index in [1.165, 1.54) is 21.5 Å². The van der Waals surface area contributed by atoms with Crippen molar-refractivity contribution in [3.05, 3.63) is 97.1 Å². The molecule has 4 aromatic rings. The molecule has 2 heteroatoms. The average molecular weight is 300 g/mol. The minimum atomic E-state index is 0. The van der Waals surface area contributed by atoms with E-state index in [2.05, 4.69) is 48.5 Å². The number of benzene rings is 4. The van der Waals surface area contributed by atoms with Gasteiger partial charge in [0.25, 0.3) is 0 Å². The third kappa shape index (κ3) is 5.37. The Morgan fingerprint density at radius 3 is 1.27 bits per heavy atom. The molecule has 0 heterocycles. The van der Waals surface area contributed by atoms with Crippen LogP contribution in [-0.4, -0.2) is 0 Å². The smallest absolute Gasteiger partial charge is 0.147 e. The van der Waals surface area contributed by atoms with E-state index in [1.54, 1.807) is 0 Å². The van der Waals surface area contributed by atoms with Gasteiger partial charge in [-0.2, -0.15) is 0 Å². The van der Waals surface area contributed by atoms with E-state index in [-0.39, 0.29) is 70.2 Å². The summed E-state index contributed by atoms with van der Waals surface area (Å²) < 4.78 is 0. The standard InChI is InChI=1S/2C10H7.K.Li/c2*1-2-6-10-8-4-3-7-9(10)5-1;;/h2*1-7H;;/q2*-1;2*+1. The zero-order chi connectivity index (χ0) is 13.6. The van der Waals surface area contributed by atoms with Crippen molar-refractivity contribution in [1.82, 2.24) is 0 Å². The van der Waals surface area contributed by atoms with E-state index in [4.69, 9.17) is 0 Å². The Balaban J connectivity index is 0.000000202. The molecule has 4 rings (SSSR count). The van der Waals surface area contributed by atoms with Crippen LogP contribution < -0.4 is 70.2 Å². The Hall–Kier alpha value is -0.366. The average Bonchev–Trinajstić information content (AvgIpc) is 2.56. The molecular weight excluding hydrogens is 286 g/mol. The van der Waals surface area contributed by atoms with Gasteiger partial charge < -0.3 is 0 Å². The fourth-order valence-corrected chi connectivity index (χ4v) is 2.13. The van der Waals surface area contributed by atoms with Gasteiger partial charge in [-0.25, -0.2) is 0 Å². The van der Waals surface area contributed by atoms with Gasteiger partial charge in [0.05, 0.1) is 0 Å². The molecule has 0 aliphatic carbocycles. The monoisotopic (exact) mass is 300 g/mol. The van der Waals surface area contributed by atoms with E-state index >= 15 is 0 Å². The molecule has 0 bridgehead atoms. The van der Waals surface area contributed by atoms with Crippen LogP contribution in [0.3, 0.4) is 0 Å². The van der Waals surface area contributed by atoms with Crippen LogP contribution in [0.2, 0.25) is 0 Å². The van der Waals surface area contributed by atoms with Crippen LogP contribution >= 0.6 is 0 Å². The Kier molecular flexibility index (Phi) is 9.32. The fraction of sp³-hybridized carbons (Fsp3) is 0. The van der Waals surface area contributed by atoms with Crippen molar-refractivity contribution in [2.24, 2.45) is 0 Å². The van der Waals surface area contributed by atoms with E-state index < -0.39 is 0 Å². The van der Waals surface area contributed by atoms with Crippen molar-refractivity contribution in [2.75, 3.05) is 0 Å². The molecule has 0 aliphatic heterocycles. The van der Waals surface area contributed by atoms with Crippen LogP contribution in [0, 0.1) is 12.1 Å². The van der Waals surface area contributed by atoms with Gasteiger partial charge in [-0.15, -0.1) is 94.3 Å². The molecule has 0 aromatic heterocycles. The Morgan fingerprint density at radius 2 is 0.864 bits per heavy atom. The fourth-order valence-electron chi connectivity index (χ4n) is 2.13. The van der Waals surface area contributed by atoms with Gasteiger partial charge >= 0.3 is 70.2 Å². The molecule has 0 unspecified atom stereocenters. The van der Waals surface area contributed by atoms with Crippen LogP contribution in [0.15, 0.2) is 84.9 Å². The van der Waals surface area contributed by atoms with E-state index in [9.17, 15) is 0 Å². The molecule has 0 radical (unpaired) electrons.